The van der Waals surface area contributed by atoms with Crippen molar-refractivity contribution in [3.63, 3.8) is 0 Å². The van der Waals surface area contributed by atoms with Crippen molar-refractivity contribution in [1.82, 2.24) is 15.2 Å². The predicted octanol–water partition coefficient (Wildman–Crippen LogP) is 5.72. The standard InChI is InChI=1S/C22H28ClN3S/c23-20-10-6-8-18(14-20)16-26(17-19-9-7-13-24-15-19)22(27)25-21-11-4-2-1-3-5-12-21/h6-10,13-15,21H,1-5,11-12,16-17H2,(H,25,27). The molecule has 0 bridgehead atoms. The molecule has 0 saturated heterocycles. The summed E-state index contributed by atoms with van der Waals surface area (Å²) in [5.74, 6) is 0. The van der Waals surface area contributed by atoms with Crippen LogP contribution in [0.5, 0.6) is 0 Å². The van der Waals surface area contributed by atoms with Crippen molar-refractivity contribution < 1.29 is 0 Å². The first-order valence-corrected chi connectivity index (χ1v) is 10.7. The van der Waals surface area contributed by atoms with Crippen LogP contribution in [-0.2, 0) is 13.1 Å². The second-order valence-corrected chi connectivity index (χ2v) is 8.16. The molecule has 144 valence electrons. The van der Waals surface area contributed by atoms with Gasteiger partial charge in [0.1, 0.15) is 0 Å². The molecule has 0 spiro atoms. The van der Waals surface area contributed by atoms with Crippen molar-refractivity contribution >= 4 is 28.9 Å². The molecule has 0 aliphatic heterocycles. The molecule has 0 unspecified atom stereocenters. The fourth-order valence-corrected chi connectivity index (χ4v) is 4.14. The highest BCUT2D eigenvalue weighted by Gasteiger charge is 2.17. The summed E-state index contributed by atoms with van der Waals surface area (Å²) in [6.07, 6.45) is 12.8. The maximum absolute atomic E-state index is 6.18. The van der Waals surface area contributed by atoms with Crippen molar-refractivity contribution in [1.29, 1.82) is 0 Å². The summed E-state index contributed by atoms with van der Waals surface area (Å²) in [4.78, 5) is 6.46. The van der Waals surface area contributed by atoms with Gasteiger partial charge < -0.3 is 10.2 Å². The van der Waals surface area contributed by atoms with E-state index in [2.05, 4.69) is 27.3 Å². The third-order valence-corrected chi connectivity index (χ3v) is 5.69. The minimum absolute atomic E-state index is 0.480. The Morgan fingerprint density at radius 3 is 2.44 bits per heavy atom. The van der Waals surface area contributed by atoms with E-state index in [0.29, 0.717) is 6.04 Å². The Labute approximate surface area is 173 Å². The maximum Gasteiger partial charge on any atom is 0.169 e. The van der Waals surface area contributed by atoms with Crippen molar-refractivity contribution in [3.05, 3.63) is 64.9 Å². The van der Waals surface area contributed by atoms with Crippen LogP contribution < -0.4 is 5.32 Å². The van der Waals surface area contributed by atoms with Crippen LogP contribution in [0.4, 0.5) is 0 Å². The van der Waals surface area contributed by atoms with Crippen LogP contribution >= 0.6 is 23.8 Å². The van der Waals surface area contributed by atoms with E-state index in [1.807, 2.05) is 30.5 Å². The topological polar surface area (TPSA) is 28.2 Å². The lowest BCUT2D eigenvalue weighted by molar-refractivity contribution is 0.370. The van der Waals surface area contributed by atoms with Crippen LogP contribution in [0.25, 0.3) is 0 Å². The molecule has 0 atom stereocenters. The van der Waals surface area contributed by atoms with Gasteiger partial charge in [-0.2, -0.15) is 0 Å². The molecule has 5 heteroatoms. The van der Waals surface area contributed by atoms with Gasteiger partial charge in [0.25, 0.3) is 0 Å². The first kappa shape index (κ1) is 20.1. The Bertz CT molecular complexity index is 715. The zero-order chi connectivity index (χ0) is 18.9. The van der Waals surface area contributed by atoms with E-state index in [4.69, 9.17) is 23.8 Å². The Hall–Kier alpha value is -1.65. The fraction of sp³-hybridized carbons (Fsp3) is 0.455. The van der Waals surface area contributed by atoms with Gasteiger partial charge in [-0.05, 0) is 54.4 Å². The minimum atomic E-state index is 0.480. The summed E-state index contributed by atoms with van der Waals surface area (Å²) in [7, 11) is 0. The molecule has 0 radical (unpaired) electrons. The van der Waals surface area contributed by atoms with E-state index >= 15 is 0 Å². The molecule has 3 nitrogen and oxygen atoms in total. The molecule has 1 saturated carbocycles. The van der Waals surface area contributed by atoms with Gasteiger partial charge in [0.2, 0.25) is 0 Å². The van der Waals surface area contributed by atoms with Gasteiger partial charge in [-0.3, -0.25) is 4.98 Å². The summed E-state index contributed by atoms with van der Waals surface area (Å²) in [5, 5.41) is 5.23. The Morgan fingerprint density at radius 2 is 1.74 bits per heavy atom. The molecule has 3 rings (SSSR count). The minimum Gasteiger partial charge on any atom is -0.360 e. The molecule has 1 aliphatic carbocycles. The van der Waals surface area contributed by atoms with Crippen molar-refractivity contribution in [2.75, 3.05) is 0 Å². The number of hydrogen-bond donors (Lipinski definition) is 1. The molecule has 1 aromatic heterocycles. The molecule has 1 N–H and O–H groups in total. The van der Waals surface area contributed by atoms with Gasteiger partial charge >= 0.3 is 0 Å². The van der Waals surface area contributed by atoms with Gasteiger partial charge in [-0.25, -0.2) is 0 Å². The highest BCUT2D eigenvalue weighted by molar-refractivity contribution is 7.80. The third kappa shape index (κ3) is 6.78. The van der Waals surface area contributed by atoms with Crippen LogP contribution in [-0.4, -0.2) is 21.0 Å². The van der Waals surface area contributed by atoms with Crippen LogP contribution in [0, 0.1) is 0 Å². The van der Waals surface area contributed by atoms with Gasteiger partial charge in [-0.1, -0.05) is 61.9 Å². The fourth-order valence-electron chi connectivity index (χ4n) is 3.63. The molecule has 2 aromatic rings. The summed E-state index contributed by atoms with van der Waals surface area (Å²) in [6.45, 7) is 1.47. The van der Waals surface area contributed by atoms with E-state index < -0.39 is 0 Å². The maximum atomic E-state index is 6.18. The average molecular weight is 402 g/mol. The predicted molar refractivity (Wildman–Crippen MR) is 117 cm³/mol. The number of halogens is 1. The number of aromatic nitrogens is 1. The van der Waals surface area contributed by atoms with E-state index in [9.17, 15) is 0 Å². The van der Waals surface area contributed by atoms with Gasteiger partial charge in [-0.15, -0.1) is 0 Å². The van der Waals surface area contributed by atoms with E-state index in [1.165, 1.54) is 44.9 Å². The molecule has 1 fully saturated rings. The lowest BCUT2D eigenvalue weighted by Crippen LogP contribution is -2.44. The quantitative estimate of drug-likeness (QED) is 0.648. The SMILES string of the molecule is S=C(NC1CCCCCCC1)N(Cc1cccnc1)Cc1cccc(Cl)c1. The second-order valence-electron chi connectivity index (χ2n) is 7.34. The van der Waals surface area contributed by atoms with E-state index in [1.54, 1.807) is 6.20 Å². The highest BCUT2D eigenvalue weighted by atomic mass is 35.5. The first-order valence-electron chi connectivity index (χ1n) is 9.89. The summed E-state index contributed by atoms with van der Waals surface area (Å²) < 4.78 is 0. The van der Waals surface area contributed by atoms with E-state index in [-0.39, 0.29) is 0 Å². The average Bonchev–Trinajstić information content (AvgIpc) is 2.64. The monoisotopic (exact) mass is 401 g/mol. The second kappa shape index (κ2) is 10.6. The number of rotatable bonds is 5. The Morgan fingerprint density at radius 1 is 1.04 bits per heavy atom. The molecule has 1 aliphatic rings. The van der Waals surface area contributed by atoms with E-state index in [0.717, 1.165) is 34.4 Å². The summed E-state index contributed by atoms with van der Waals surface area (Å²) in [5.41, 5.74) is 2.31. The number of hydrogen-bond acceptors (Lipinski definition) is 2. The first-order chi connectivity index (χ1) is 13.2. The molecular weight excluding hydrogens is 374 g/mol. The number of thiocarbonyl (C=S) groups is 1. The van der Waals surface area contributed by atoms with Gasteiger partial charge in [0, 0.05) is 36.5 Å². The zero-order valence-electron chi connectivity index (χ0n) is 15.7. The van der Waals surface area contributed by atoms with Crippen LogP contribution in [0.2, 0.25) is 5.02 Å². The molecule has 0 amide bonds. The van der Waals surface area contributed by atoms with Crippen molar-refractivity contribution in [3.8, 4) is 0 Å². The van der Waals surface area contributed by atoms with Crippen molar-refractivity contribution in [2.24, 2.45) is 0 Å². The third-order valence-electron chi connectivity index (χ3n) is 5.08. The molecule has 27 heavy (non-hydrogen) atoms. The van der Waals surface area contributed by atoms with Crippen LogP contribution in [0.15, 0.2) is 48.8 Å². The van der Waals surface area contributed by atoms with Gasteiger partial charge in [0.05, 0.1) is 0 Å². The molecule has 1 heterocycles. The van der Waals surface area contributed by atoms with Crippen molar-refractivity contribution in [2.45, 2.75) is 64.1 Å². The lowest BCUT2D eigenvalue weighted by atomic mass is 9.97. The number of nitrogens with one attached hydrogen (secondary N) is 1. The summed E-state index contributed by atoms with van der Waals surface area (Å²) in [6, 6.07) is 12.5. The molecule has 1 aromatic carbocycles. The highest BCUT2D eigenvalue weighted by Crippen LogP contribution is 2.19. The Balaban J connectivity index is 1.70. The number of pyridine rings is 1. The normalized spacial score (nSPS) is 15.6. The molecular formula is C22H28ClN3S. The largest absolute Gasteiger partial charge is 0.360 e. The summed E-state index contributed by atoms with van der Waals surface area (Å²) >= 11 is 12.0. The lowest BCUT2D eigenvalue weighted by Gasteiger charge is -2.30. The van der Waals surface area contributed by atoms with Crippen LogP contribution in [0.3, 0.4) is 0 Å². The van der Waals surface area contributed by atoms with Crippen LogP contribution in [0.1, 0.15) is 56.1 Å². The number of nitrogens with zero attached hydrogens (tertiary/aromatic N) is 2. The number of benzene rings is 1. The zero-order valence-corrected chi connectivity index (χ0v) is 17.3. The van der Waals surface area contributed by atoms with Gasteiger partial charge in [0.15, 0.2) is 5.11 Å². The smallest absolute Gasteiger partial charge is 0.169 e. The Kier molecular flexibility index (Phi) is 7.91.